The molecule has 0 bridgehead atoms. The molecule has 5 heterocycles. The lowest BCUT2D eigenvalue weighted by Gasteiger charge is -2.17. The van der Waals surface area contributed by atoms with Crippen molar-refractivity contribution in [3.05, 3.63) is 73.9 Å². The monoisotopic (exact) mass is 584 g/mol. The summed E-state index contributed by atoms with van der Waals surface area (Å²) in [5, 5.41) is 3.90. The normalized spacial score (nSPS) is 12.3. The minimum absolute atomic E-state index is 0.194. The maximum atomic E-state index is 13.3. The number of methoxy groups -OCH3 is 2. The van der Waals surface area contributed by atoms with Crippen molar-refractivity contribution in [1.29, 1.82) is 0 Å². The molecule has 0 unspecified atom stereocenters. The number of carbonyl (C=O) groups excluding carboxylic acids is 2. The van der Waals surface area contributed by atoms with Crippen LogP contribution in [0, 0.1) is 13.8 Å². The Balaban J connectivity index is 1.35. The molecular weight excluding hydrogens is 563 g/mol. The van der Waals surface area contributed by atoms with E-state index in [1.54, 1.807) is 30.0 Å². The molecule has 0 aliphatic carbocycles. The zero-order chi connectivity index (χ0) is 27.8. The first-order valence-electron chi connectivity index (χ1n) is 11.6. The van der Waals surface area contributed by atoms with Gasteiger partial charge in [-0.25, -0.2) is 15.0 Å². The Morgan fingerprint density at radius 3 is 2.51 bits per heavy atom. The van der Waals surface area contributed by atoms with Crippen LogP contribution in [0.15, 0.2) is 30.6 Å². The number of aryl methyl sites for hydroxylation is 2. The number of fused-ring (bicyclic) bond motifs is 1. The highest BCUT2D eigenvalue weighted by Crippen LogP contribution is 2.36. The molecule has 1 aliphatic rings. The third-order valence-electron chi connectivity index (χ3n) is 6.12. The fraction of sp³-hybridized carbons (Fsp3) is 0.231. The van der Waals surface area contributed by atoms with Gasteiger partial charge in [0, 0.05) is 23.0 Å². The third-order valence-corrected chi connectivity index (χ3v) is 7.60. The summed E-state index contributed by atoms with van der Waals surface area (Å²) >= 11 is 13.6. The number of ether oxygens (including phenoxy) is 2. The van der Waals surface area contributed by atoms with Crippen LogP contribution in [0.25, 0.3) is 11.1 Å². The SMILES string of the molecule is COc1cnc(Cl)cc1-c1cc(C)ncc1C(=O)Nc1nc2c(s1)CN(C(=O)c1nc(OC)c(Cl)cc1C)C2. The Morgan fingerprint density at radius 2 is 1.79 bits per heavy atom. The molecule has 13 heteroatoms. The van der Waals surface area contributed by atoms with Gasteiger partial charge in [-0.2, -0.15) is 0 Å². The first-order valence-corrected chi connectivity index (χ1v) is 13.2. The van der Waals surface area contributed by atoms with Crippen LogP contribution in [0.4, 0.5) is 5.13 Å². The van der Waals surface area contributed by atoms with E-state index in [2.05, 4.69) is 25.3 Å². The van der Waals surface area contributed by atoms with Gasteiger partial charge in [0.2, 0.25) is 5.88 Å². The number of hydrogen-bond donors (Lipinski definition) is 1. The maximum Gasteiger partial charge on any atom is 0.273 e. The summed E-state index contributed by atoms with van der Waals surface area (Å²) in [7, 11) is 2.97. The van der Waals surface area contributed by atoms with E-state index in [9.17, 15) is 9.59 Å². The first-order chi connectivity index (χ1) is 18.7. The van der Waals surface area contributed by atoms with Crippen molar-refractivity contribution in [3.8, 4) is 22.8 Å². The number of aromatic nitrogens is 4. The largest absolute Gasteiger partial charge is 0.494 e. The van der Waals surface area contributed by atoms with Crippen LogP contribution in [-0.2, 0) is 13.1 Å². The Kier molecular flexibility index (Phi) is 7.39. The van der Waals surface area contributed by atoms with Crippen molar-refractivity contribution in [1.82, 2.24) is 24.8 Å². The standard InChI is InChI=1S/C26H22Cl2N6O4S/c1-12-5-17(27)24(38-4)32-22(12)25(36)34-10-18-20(11-34)39-26(31-18)33-23(35)16-8-29-13(2)6-14(16)15-7-21(28)30-9-19(15)37-3/h5-9H,10-11H2,1-4H3,(H,31,33,35). The van der Waals surface area contributed by atoms with Crippen LogP contribution in [0.5, 0.6) is 11.6 Å². The van der Waals surface area contributed by atoms with Gasteiger partial charge in [0.25, 0.3) is 11.8 Å². The lowest BCUT2D eigenvalue weighted by molar-refractivity contribution is 0.0743. The van der Waals surface area contributed by atoms with Crippen molar-refractivity contribution in [2.45, 2.75) is 26.9 Å². The summed E-state index contributed by atoms with van der Waals surface area (Å²) in [6, 6.07) is 5.08. The van der Waals surface area contributed by atoms with Crippen LogP contribution in [0.1, 0.15) is 42.7 Å². The summed E-state index contributed by atoms with van der Waals surface area (Å²) in [6.45, 7) is 4.23. The minimum Gasteiger partial charge on any atom is -0.494 e. The lowest BCUT2D eigenvalue weighted by atomic mass is 10.0. The molecule has 0 saturated heterocycles. The fourth-order valence-corrected chi connectivity index (χ4v) is 5.65. The highest BCUT2D eigenvalue weighted by Gasteiger charge is 2.30. The van der Waals surface area contributed by atoms with Crippen molar-refractivity contribution in [3.63, 3.8) is 0 Å². The van der Waals surface area contributed by atoms with E-state index >= 15 is 0 Å². The second kappa shape index (κ2) is 10.8. The molecule has 0 saturated carbocycles. The van der Waals surface area contributed by atoms with Gasteiger partial charge < -0.3 is 14.4 Å². The van der Waals surface area contributed by atoms with Gasteiger partial charge in [-0.3, -0.25) is 19.9 Å². The van der Waals surface area contributed by atoms with E-state index in [0.29, 0.717) is 50.4 Å². The average molecular weight is 585 g/mol. The van der Waals surface area contributed by atoms with Crippen LogP contribution >= 0.6 is 34.5 Å². The summed E-state index contributed by atoms with van der Waals surface area (Å²) < 4.78 is 10.6. The highest BCUT2D eigenvalue weighted by molar-refractivity contribution is 7.16. The van der Waals surface area contributed by atoms with Crippen LogP contribution < -0.4 is 14.8 Å². The van der Waals surface area contributed by atoms with E-state index in [-0.39, 0.29) is 35.1 Å². The molecule has 200 valence electrons. The molecular formula is C26H22Cl2N6O4S. The van der Waals surface area contributed by atoms with Crippen LogP contribution in [0.3, 0.4) is 0 Å². The van der Waals surface area contributed by atoms with E-state index in [1.807, 2.05) is 6.92 Å². The van der Waals surface area contributed by atoms with Crippen LogP contribution in [0.2, 0.25) is 10.2 Å². The number of nitrogens with one attached hydrogen (secondary N) is 1. The van der Waals surface area contributed by atoms with Gasteiger partial charge in [-0.05, 0) is 37.6 Å². The number of anilines is 1. The number of nitrogens with zero attached hydrogens (tertiary/aromatic N) is 5. The molecule has 0 radical (unpaired) electrons. The smallest absolute Gasteiger partial charge is 0.273 e. The molecule has 0 fully saturated rings. The van der Waals surface area contributed by atoms with E-state index in [1.165, 1.54) is 38.0 Å². The molecule has 4 aromatic heterocycles. The fourth-order valence-electron chi connectivity index (χ4n) is 4.23. The molecule has 2 amide bonds. The predicted molar refractivity (Wildman–Crippen MR) is 148 cm³/mol. The van der Waals surface area contributed by atoms with Gasteiger partial charge in [-0.15, -0.1) is 0 Å². The molecule has 39 heavy (non-hydrogen) atoms. The lowest BCUT2D eigenvalue weighted by Crippen LogP contribution is -2.27. The molecule has 4 aromatic rings. The van der Waals surface area contributed by atoms with Gasteiger partial charge in [-0.1, -0.05) is 34.5 Å². The molecule has 5 rings (SSSR count). The Bertz CT molecular complexity index is 1600. The second-order valence-corrected chi connectivity index (χ2v) is 10.6. The van der Waals surface area contributed by atoms with Crippen LogP contribution in [-0.4, -0.2) is 50.9 Å². The quantitative estimate of drug-likeness (QED) is 0.301. The van der Waals surface area contributed by atoms with Gasteiger partial charge >= 0.3 is 0 Å². The first kappa shape index (κ1) is 26.8. The van der Waals surface area contributed by atoms with Crippen molar-refractivity contribution >= 4 is 51.5 Å². The minimum atomic E-state index is -0.388. The molecule has 1 aliphatic heterocycles. The Labute approximate surface area is 238 Å². The van der Waals surface area contributed by atoms with Crippen molar-refractivity contribution < 1.29 is 19.1 Å². The van der Waals surface area contributed by atoms with E-state index in [0.717, 1.165) is 10.6 Å². The van der Waals surface area contributed by atoms with Crippen molar-refractivity contribution in [2.75, 3.05) is 19.5 Å². The number of rotatable bonds is 6. The van der Waals surface area contributed by atoms with Gasteiger partial charge in [0.05, 0.1) is 49.6 Å². The number of hydrogen-bond acceptors (Lipinski definition) is 9. The second-order valence-electron chi connectivity index (χ2n) is 8.73. The molecule has 0 atom stereocenters. The molecule has 1 N–H and O–H groups in total. The molecule has 0 spiro atoms. The van der Waals surface area contributed by atoms with E-state index < -0.39 is 0 Å². The number of pyridine rings is 3. The van der Waals surface area contributed by atoms with Gasteiger partial charge in [0.1, 0.15) is 21.6 Å². The zero-order valence-corrected chi connectivity index (χ0v) is 23.7. The number of carbonyl (C=O) groups is 2. The summed E-state index contributed by atoms with van der Waals surface area (Å²) in [5.74, 6) is 0.0268. The van der Waals surface area contributed by atoms with E-state index in [4.69, 9.17) is 32.7 Å². The van der Waals surface area contributed by atoms with Crippen molar-refractivity contribution in [2.24, 2.45) is 0 Å². The number of thiazole rings is 1. The summed E-state index contributed by atoms with van der Waals surface area (Å²) in [5.41, 5.74) is 3.90. The third kappa shape index (κ3) is 5.25. The summed E-state index contributed by atoms with van der Waals surface area (Å²) in [4.78, 5) is 46.3. The van der Waals surface area contributed by atoms with Gasteiger partial charge in [0.15, 0.2) is 5.13 Å². The zero-order valence-electron chi connectivity index (χ0n) is 21.3. The molecule has 0 aromatic carbocycles. The Morgan fingerprint density at radius 1 is 1.00 bits per heavy atom. The summed E-state index contributed by atoms with van der Waals surface area (Å²) in [6.07, 6.45) is 3.01. The number of halogens is 2. The number of amides is 2. The topological polar surface area (TPSA) is 119 Å². The average Bonchev–Trinajstić information content (AvgIpc) is 3.47. The Hall–Kier alpha value is -3.80. The maximum absolute atomic E-state index is 13.3. The predicted octanol–water partition coefficient (Wildman–Crippen LogP) is 5.34. The molecule has 10 nitrogen and oxygen atoms in total. The highest BCUT2D eigenvalue weighted by atomic mass is 35.5.